The number of esters is 1. The average molecular weight is 611 g/mol. The number of nitrogens with zero attached hydrogens (tertiary/aromatic N) is 3. The van der Waals surface area contributed by atoms with E-state index in [2.05, 4.69) is 5.32 Å². The maximum Gasteiger partial charge on any atom is 0.337 e. The first-order valence-electron chi connectivity index (χ1n) is 13.9. The fourth-order valence-corrected chi connectivity index (χ4v) is 5.48. The molecule has 0 radical (unpaired) electrons. The number of nitro groups is 2. The molecule has 0 spiro atoms. The molecule has 45 heavy (non-hydrogen) atoms. The normalized spacial score (nSPS) is 16.1. The Hall–Kier alpha value is -5.91. The Morgan fingerprint density at radius 2 is 1.22 bits per heavy atom. The second-order valence-corrected chi connectivity index (χ2v) is 10.2. The van der Waals surface area contributed by atoms with E-state index in [1.807, 2.05) is 29.2 Å². The Morgan fingerprint density at radius 1 is 0.733 bits per heavy atom. The van der Waals surface area contributed by atoms with Crippen LogP contribution in [0.5, 0.6) is 11.5 Å². The number of anilines is 2. The fraction of sp³-hybridized carbons (Fsp3) is 0.182. The number of methoxy groups -OCH3 is 3. The number of hydrogen-bond acceptors (Lipinski definition) is 10. The zero-order valence-electron chi connectivity index (χ0n) is 24.7. The molecule has 230 valence electrons. The summed E-state index contributed by atoms with van der Waals surface area (Å²) in [5.41, 5.74) is 3.46. The summed E-state index contributed by atoms with van der Waals surface area (Å²) in [5.74, 6) is 0.694. The summed E-state index contributed by atoms with van der Waals surface area (Å²) in [4.78, 5) is 37.7. The molecule has 5 rings (SSSR count). The highest BCUT2D eigenvalue weighted by molar-refractivity contribution is 5.93. The van der Waals surface area contributed by atoms with Crippen molar-refractivity contribution >= 4 is 28.7 Å². The van der Waals surface area contributed by atoms with Gasteiger partial charge in [0, 0.05) is 47.8 Å². The van der Waals surface area contributed by atoms with Crippen molar-refractivity contribution in [2.75, 3.05) is 31.5 Å². The number of nitrogens with one attached hydrogen (secondary N) is 1. The molecule has 12 nitrogen and oxygen atoms in total. The average Bonchev–Trinajstić information content (AvgIpc) is 3.07. The Kier molecular flexibility index (Phi) is 8.94. The zero-order valence-corrected chi connectivity index (χ0v) is 24.7. The first kappa shape index (κ1) is 30.5. The van der Waals surface area contributed by atoms with Crippen LogP contribution in [0.25, 0.3) is 0 Å². The second kappa shape index (κ2) is 13.2. The molecule has 0 saturated heterocycles. The molecule has 0 saturated carbocycles. The van der Waals surface area contributed by atoms with Crippen LogP contribution in [0.4, 0.5) is 22.7 Å². The number of hydrogen-bond donors (Lipinski definition) is 1. The van der Waals surface area contributed by atoms with Crippen molar-refractivity contribution in [3.8, 4) is 11.5 Å². The van der Waals surface area contributed by atoms with E-state index in [4.69, 9.17) is 14.2 Å². The van der Waals surface area contributed by atoms with Crippen molar-refractivity contribution in [2.24, 2.45) is 0 Å². The first-order valence-corrected chi connectivity index (χ1v) is 13.9. The summed E-state index contributed by atoms with van der Waals surface area (Å²) in [6.45, 7) is 0. The minimum atomic E-state index is -0.790. The smallest absolute Gasteiger partial charge is 0.337 e. The Labute approximate surface area is 258 Å². The lowest BCUT2D eigenvalue weighted by Gasteiger charge is -2.45. The Morgan fingerprint density at radius 3 is 1.69 bits per heavy atom. The molecular formula is C33H30N4O8. The summed E-state index contributed by atoms with van der Waals surface area (Å²) >= 11 is 0. The van der Waals surface area contributed by atoms with Gasteiger partial charge in [-0.25, -0.2) is 4.79 Å². The van der Waals surface area contributed by atoms with E-state index in [-0.39, 0.29) is 17.8 Å². The third kappa shape index (κ3) is 6.39. The van der Waals surface area contributed by atoms with Crippen molar-refractivity contribution < 1.29 is 28.9 Å². The molecule has 4 aromatic rings. The number of carbonyl (C=O) groups is 1. The van der Waals surface area contributed by atoms with Crippen molar-refractivity contribution in [3.63, 3.8) is 0 Å². The third-order valence-corrected chi connectivity index (χ3v) is 7.68. The maximum atomic E-state index is 13.7. The molecule has 1 aliphatic heterocycles. The largest absolute Gasteiger partial charge is 0.497 e. The monoisotopic (exact) mass is 610 g/mol. The van der Waals surface area contributed by atoms with Crippen molar-refractivity contribution in [1.29, 1.82) is 0 Å². The van der Waals surface area contributed by atoms with E-state index < -0.39 is 27.9 Å². The van der Waals surface area contributed by atoms with Crippen LogP contribution in [0, 0.1) is 20.2 Å². The molecule has 1 heterocycles. The van der Waals surface area contributed by atoms with Gasteiger partial charge in [-0.1, -0.05) is 12.1 Å². The molecule has 0 aromatic heterocycles. The van der Waals surface area contributed by atoms with Crippen LogP contribution in [0.15, 0.2) is 108 Å². The predicted molar refractivity (Wildman–Crippen MR) is 167 cm³/mol. The minimum Gasteiger partial charge on any atom is -0.497 e. The first-order chi connectivity index (χ1) is 21.7. The van der Waals surface area contributed by atoms with Crippen LogP contribution >= 0.6 is 0 Å². The Bertz CT molecular complexity index is 1720. The summed E-state index contributed by atoms with van der Waals surface area (Å²) in [7, 11) is 4.43. The van der Waals surface area contributed by atoms with Crippen molar-refractivity contribution in [1.82, 2.24) is 0 Å². The highest BCUT2D eigenvalue weighted by Crippen LogP contribution is 2.48. The van der Waals surface area contributed by atoms with Gasteiger partial charge in [0.25, 0.3) is 11.4 Å². The van der Waals surface area contributed by atoms with E-state index in [0.29, 0.717) is 39.7 Å². The molecule has 4 aromatic carbocycles. The van der Waals surface area contributed by atoms with Gasteiger partial charge in [-0.05, 0) is 71.8 Å². The second-order valence-electron chi connectivity index (χ2n) is 10.2. The van der Waals surface area contributed by atoms with Gasteiger partial charge < -0.3 is 24.4 Å². The number of rotatable bonds is 10. The molecule has 0 bridgehead atoms. The molecule has 2 atom stereocenters. The lowest BCUT2D eigenvalue weighted by Crippen LogP contribution is -2.41. The lowest BCUT2D eigenvalue weighted by atomic mass is 9.84. The van der Waals surface area contributed by atoms with Gasteiger partial charge in [0.1, 0.15) is 11.5 Å². The SMILES string of the molecule is COC(=O)C1=C(Nc2ccc(OC)cc2)C[C@@H](c2ccc([N+](=O)[O-])cc2)N(c2ccc(OC)cc2)[C@@H]1c1ccc([N+](=O)[O-])cc1. The summed E-state index contributed by atoms with van der Waals surface area (Å²) in [6, 6.07) is 25.6. The van der Waals surface area contributed by atoms with E-state index in [0.717, 1.165) is 5.56 Å². The van der Waals surface area contributed by atoms with E-state index in [1.165, 1.54) is 31.4 Å². The number of benzene rings is 4. The molecule has 12 heteroatoms. The van der Waals surface area contributed by atoms with Gasteiger partial charge in [0.2, 0.25) is 0 Å². The molecule has 0 amide bonds. The van der Waals surface area contributed by atoms with Crippen LogP contribution in [0.1, 0.15) is 29.6 Å². The van der Waals surface area contributed by atoms with Crippen LogP contribution in [0.3, 0.4) is 0 Å². The van der Waals surface area contributed by atoms with Crippen LogP contribution < -0.4 is 19.7 Å². The van der Waals surface area contributed by atoms with Gasteiger partial charge in [0.05, 0.1) is 48.8 Å². The van der Waals surface area contributed by atoms with Gasteiger partial charge in [0.15, 0.2) is 0 Å². The molecular weight excluding hydrogens is 580 g/mol. The lowest BCUT2D eigenvalue weighted by molar-refractivity contribution is -0.385. The van der Waals surface area contributed by atoms with Crippen LogP contribution in [0.2, 0.25) is 0 Å². The van der Waals surface area contributed by atoms with Gasteiger partial charge in [-0.15, -0.1) is 0 Å². The molecule has 0 unspecified atom stereocenters. The molecule has 1 aliphatic rings. The highest BCUT2D eigenvalue weighted by atomic mass is 16.6. The Balaban J connectivity index is 1.76. The molecule has 0 fully saturated rings. The quantitative estimate of drug-likeness (QED) is 0.116. The predicted octanol–water partition coefficient (Wildman–Crippen LogP) is 6.75. The fourth-order valence-electron chi connectivity index (χ4n) is 5.48. The topological polar surface area (TPSA) is 146 Å². The third-order valence-electron chi connectivity index (χ3n) is 7.68. The van der Waals surface area contributed by atoms with E-state index in [1.54, 1.807) is 62.8 Å². The van der Waals surface area contributed by atoms with Crippen molar-refractivity contribution in [3.05, 3.63) is 140 Å². The summed E-state index contributed by atoms with van der Waals surface area (Å²) < 4.78 is 16.0. The van der Waals surface area contributed by atoms with Crippen molar-refractivity contribution in [2.45, 2.75) is 18.5 Å². The summed E-state index contributed by atoms with van der Waals surface area (Å²) in [6.07, 6.45) is 0.282. The number of carbonyl (C=O) groups excluding carboxylic acids is 1. The van der Waals surface area contributed by atoms with E-state index in [9.17, 15) is 25.0 Å². The standard InChI is InChI=1S/C33H30N4O8/c1-43-27-16-8-23(9-17-27)34-29-20-30(21-4-10-25(11-5-21)36(39)40)35(24-14-18-28(44-2)19-15-24)32(31(29)33(38)45-3)22-6-12-26(13-7-22)37(41)42/h4-19,30,32,34H,20H2,1-3H3/t30-,32+/m0/s1. The number of non-ortho nitro benzene ring substituents is 2. The number of nitro benzene ring substituents is 2. The van der Waals surface area contributed by atoms with Crippen LogP contribution in [-0.2, 0) is 9.53 Å². The number of ether oxygens (including phenoxy) is 3. The highest BCUT2D eigenvalue weighted by Gasteiger charge is 2.42. The van der Waals surface area contributed by atoms with Gasteiger partial charge >= 0.3 is 5.97 Å². The minimum absolute atomic E-state index is 0.0557. The molecule has 1 N–H and O–H groups in total. The zero-order chi connectivity index (χ0) is 32.1. The molecule has 0 aliphatic carbocycles. The van der Waals surface area contributed by atoms with Gasteiger partial charge in [-0.3, -0.25) is 20.2 Å². The van der Waals surface area contributed by atoms with Gasteiger partial charge in [-0.2, -0.15) is 0 Å². The summed E-state index contributed by atoms with van der Waals surface area (Å²) in [5, 5.41) is 26.4. The van der Waals surface area contributed by atoms with Crippen LogP contribution in [-0.4, -0.2) is 37.1 Å². The maximum absolute atomic E-state index is 13.7. The van der Waals surface area contributed by atoms with E-state index >= 15 is 0 Å².